The Kier molecular flexibility index (Phi) is 11.5. The molecule has 1 aliphatic heterocycles. The van der Waals surface area contributed by atoms with E-state index in [2.05, 4.69) is 180 Å². The summed E-state index contributed by atoms with van der Waals surface area (Å²) in [5, 5.41) is 2.93. The van der Waals surface area contributed by atoms with E-state index in [9.17, 15) is 4.89 Å². The van der Waals surface area contributed by atoms with Gasteiger partial charge < -0.3 is 0 Å². The van der Waals surface area contributed by atoms with Crippen LogP contribution < -0.4 is 35.2 Å². The summed E-state index contributed by atoms with van der Waals surface area (Å²) >= 11 is 3.51. The zero-order valence-electron chi connectivity index (χ0n) is 37.0. The van der Waals surface area contributed by atoms with Crippen molar-refractivity contribution in [2.75, 3.05) is 24.0 Å². The second kappa shape index (κ2) is 18.2. The number of benzene rings is 8. The van der Waals surface area contributed by atoms with Gasteiger partial charge in [-0.15, -0.1) is 0 Å². The molecule has 0 saturated carbocycles. The zero-order chi connectivity index (χ0) is 45.3. The summed E-state index contributed by atoms with van der Waals surface area (Å²) in [5.74, 6) is 1.23. The van der Waals surface area contributed by atoms with Crippen LogP contribution in [0.2, 0.25) is 0 Å². The summed E-state index contributed by atoms with van der Waals surface area (Å²) in [4.78, 5) is 22.9. The van der Waals surface area contributed by atoms with Crippen LogP contribution in [0.5, 0.6) is 11.5 Å². The Morgan fingerprint density at radius 2 is 0.731 bits per heavy atom. The molecule has 11 rings (SSSR count). The Morgan fingerprint density at radius 3 is 1.07 bits per heavy atom. The molecule has 0 aliphatic carbocycles. The molecule has 0 bridgehead atoms. The van der Waals surface area contributed by atoms with Crippen LogP contribution in [0.25, 0.3) is 20.9 Å². The molecule has 0 unspecified atom stereocenters. The van der Waals surface area contributed by atoms with Crippen LogP contribution in [0.4, 0.5) is 34.1 Å². The summed E-state index contributed by atoms with van der Waals surface area (Å²) in [6.45, 7) is 0. The Bertz CT molecular complexity index is 3000. The van der Waals surface area contributed by atoms with Gasteiger partial charge in [0.25, 0.3) is 0 Å². The van der Waals surface area contributed by atoms with Gasteiger partial charge in [0.15, 0.2) is 0 Å². The number of thiophene rings is 2. The first kappa shape index (κ1) is 42.4. The number of hydrogen-bond acceptors (Lipinski definition) is 7. The fraction of sp³-hybridized carbons (Fsp3) is 0.0508. The van der Waals surface area contributed by atoms with Crippen molar-refractivity contribution in [3.63, 3.8) is 0 Å². The summed E-state index contributed by atoms with van der Waals surface area (Å²) in [6.07, 6.45) is 0. The van der Waals surface area contributed by atoms with Gasteiger partial charge in [0.1, 0.15) is 0 Å². The number of fused-ring (bicyclic) bond motifs is 2. The van der Waals surface area contributed by atoms with E-state index in [0.29, 0.717) is 0 Å². The van der Waals surface area contributed by atoms with Crippen LogP contribution in [0.3, 0.4) is 0 Å². The second-order valence-corrected chi connectivity index (χ2v) is 21.7. The van der Waals surface area contributed by atoms with Crippen LogP contribution in [-0.2, 0) is 0 Å². The second-order valence-electron chi connectivity index (χ2n) is 16.5. The van der Waals surface area contributed by atoms with Crippen molar-refractivity contribution in [2.24, 2.45) is 0 Å². The molecule has 0 fully saturated rings. The maximum atomic E-state index is 13.9. The zero-order valence-corrected chi connectivity index (χ0v) is 39.6. The molecule has 3 heterocycles. The molecule has 67 heavy (non-hydrogen) atoms. The van der Waals surface area contributed by atoms with Gasteiger partial charge in [0.2, 0.25) is 0 Å². The van der Waals surface area contributed by atoms with Crippen LogP contribution >= 0.6 is 30.2 Å². The van der Waals surface area contributed by atoms with E-state index in [1.165, 1.54) is 0 Å². The van der Waals surface area contributed by atoms with Gasteiger partial charge in [-0.25, -0.2) is 0 Å². The van der Waals surface area contributed by atoms with E-state index in [-0.39, 0.29) is 5.92 Å². The SMILES string of the molecule is COc1cccc(OC)c1C1c2sc(-c3ccc(N(c4ccccc4)c4ccccc4)cc3)cc2[PH](O)(c2ccccc2)c2cc(-c3ccc(N(c4ccccc4)c4ccccc4)cc3)sc21. The molecule has 10 aromatic rings. The summed E-state index contributed by atoms with van der Waals surface area (Å²) < 4.78 is 12.4. The molecule has 0 atom stereocenters. The van der Waals surface area contributed by atoms with Gasteiger partial charge in [0, 0.05) is 0 Å². The average Bonchev–Trinajstić information content (AvgIpc) is 4.06. The Balaban J connectivity index is 1.06. The Morgan fingerprint density at radius 1 is 0.403 bits per heavy atom. The fourth-order valence-corrected chi connectivity index (χ4v) is 16.7. The van der Waals surface area contributed by atoms with Gasteiger partial charge >= 0.3 is 403 Å². The molecular weight excluding hydrogens is 880 g/mol. The van der Waals surface area contributed by atoms with Crippen LogP contribution in [0.1, 0.15) is 21.2 Å². The molecule has 1 aliphatic rings. The number of hydrogen-bond donors (Lipinski definition) is 1. The molecule has 5 nitrogen and oxygen atoms in total. The third kappa shape index (κ3) is 7.70. The first-order valence-electron chi connectivity index (χ1n) is 22.3. The van der Waals surface area contributed by atoms with E-state index in [1.54, 1.807) is 36.9 Å². The monoisotopic (exact) mass is 926 g/mol. The number of para-hydroxylation sites is 4. The molecule has 1 N–H and O–H groups in total. The standard InChI is InChI=1S/C59H47N2O3PS2/c1-63-50-29-18-30-51(64-2)56(50)57-58-52(39-54(66-58)41-31-35-47(36-32-41)60(43-19-8-3-9-20-43)44-21-10-4-11-22-44)65(62,49-27-16-7-17-28-49)53-40-55(67-59(53)57)42-33-37-48(38-34-42)61(45-23-12-5-13-24-45)46-25-14-6-15-26-46/h3-40,57,62,65H,1-2H3. The third-order valence-corrected chi connectivity index (χ3v) is 19.1. The normalized spacial score (nSPS) is 14.0. The van der Waals surface area contributed by atoms with Crippen molar-refractivity contribution in [1.82, 2.24) is 0 Å². The molecule has 328 valence electrons. The molecule has 2 aromatic heterocycles. The molecule has 0 radical (unpaired) electrons. The number of methoxy groups -OCH3 is 2. The van der Waals surface area contributed by atoms with Crippen LogP contribution in [0, 0.1) is 0 Å². The third-order valence-electron chi connectivity index (χ3n) is 12.6. The summed E-state index contributed by atoms with van der Waals surface area (Å²) in [5.41, 5.74) is 9.59. The fourth-order valence-electron chi connectivity index (χ4n) is 9.52. The van der Waals surface area contributed by atoms with E-state index in [1.807, 2.05) is 60.7 Å². The maximum absolute atomic E-state index is 13.9. The van der Waals surface area contributed by atoms with Gasteiger partial charge in [-0.2, -0.15) is 0 Å². The first-order chi connectivity index (χ1) is 33.0. The minimum atomic E-state index is -3.62. The van der Waals surface area contributed by atoms with Crippen molar-refractivity contribution < 1.29 is 14.4 Å². The number of anilines is 6. The summed E-state index contributed by atoms with van der Waals surface area (Å²) in [7, 11) is -0.169. The number of nitrogens with zero attached hydrogens (tertiary/aromatic N) is 2. The van der Waals surface area contributed by atoms with Gasteiger partial charge in [0.05, 0.1) is 0 Å². The molecule has 0 saturated heterocycles. The molecule has 0 amide bonds. The predicted octanol–water partition coefficient (Wildman–Crippen LogP) is 14.5. The number of ether oxygens (including phenoxy) is 2. The molecule has 8 heteroatoms. The van der Waals surface area contributed by atoms with E-state index < -0.39 is 7.49 Å². The Labute approximate surface area is 400 Å². The quantitative estimate of drug-likeness (QED) is 0.124. The van der Waals surface area contributed by atoms with Crippen molar-refractivity contribution in [3.8, 4) is 32.4 Å². The van der Waals surface area contributed by atoms with Gasteiger partial charge in [-0.3, -0.25) is 0 Å². The van der Waals surface area contributed by atoms with Gasteiger partial charge in [-0.05, 0) is 0 Å². The van der Waals surface area contributed by atoms with Crippen LogP contribution in [0.15, 0.2) is 231 Å². The average molecular weight is 927 g/mol. The first-order valence-corrected chi connectivity index (χ1v) is 25.9. The molecular formula is C59H47N2O3PS2. The van der Waals surface area contributed by atoms with Crippen molar-refractivity contribution in [3.05, 3.63) is 246 Å². The van der Waals surface area contributed by atoms with Crippen LogP contribution in [-0.4, -0.2) is 19.1 Å². The van der Waals surface area contributed by atoms with Crippen molar-refractivity contribution in [2.45, 2.75) is 5.92 Å². The van der Waals surface area contributed by atoms with Crippen molar-refractivity contribution in [1.29, 1.82) is 0 Å². The van der Waals surface area contributed by atoms with E-state index >= 15 is 0 Å². The molecule has 0 spiro atoms. The molecule has 8 aromatic carbocycles. The number of rotatable bonds is 12. The van der Waals surface area contributed by atoms with Gasteiger partial charge in [-0.1, -0.05) is 0 Å². The predicted molar refractivity (Wildman–Crippen MR) is 285 cm³/mol. The topological polar surface area (TPSA) is 45.2 Å². The summed E-state index contributed by atoms with van der Waals surface area (Å²) in [6, 6.07) is 80.4. The van der Waals surface area contributed by atoms with E-state index in [4.69, 9.17) is 9.47 Å². The Hall–Kier alpha value is -7.25. The van der Waals surface area contributed by atoms with E-state index in [0.717, 1.165) is 97.7 Å². The van der Waals surface area contributed by atoms with Crippen molar-refractivity contribution >= 4 is 80.2 Å². The minimum absolute atomic E-state index is 0.262.